The van der Waals surface area contributed by atoms with Gasteiger partial charge in [0.15, 0.2) is 0 Å². The standard InChI is InChI=1S/C19H18N4O3/c24-14-7-5-12(6-8-14)18(25)21-22-19(26)16-9-10-17-20-15-4-2-1-3-13(15)11-23(16)17/h1-8,16,24H,9-11H2,(H,21,25)(H,22,26)/t16-/m1/s1. The number of hydrogen-bond donors (Lipinski definition) is 3. The smallest absolute Gasteiger partial charge is 0.269 e. The predicted octanol–water partition coefficient (Wildman–Crippen LogP) is 1.86. The van der Waals surface area contributed by atoms with Crippen LogP contribution in [0.25, 0.3) is 0 Å². The van der Waals surface area contributed by atoms with E-state index in [4.69, 9.17) is 0 Å². The van der Waals surface area contributed by atoms with Gasteiger partial charge >= 0.3 is 0 Å². The van der Waals surface area contributed by atoms with Gasteiger partial charge in [0.25, 0.3) is 11.8 Å². The molecule has 7 nitrogen and oxygen atoms in total. The van der Waals surface area contributed by atoms with Gasteiger partial charge in [-0.1, -0.05) is 18.2 Å². The van der Waals surface area contributed by atoms with E-state index in [-0.39, 0.29) is 17.7 Å². The van der Waals surface area contributed by atoms with E-state index in [1.54, 1.807) is 0 Å². The molecule has 132 valence electrons. The molecule has 0 unspecified atom stereocenters. The van der Waals surface area contributed by atoms with Gasteiger partial charge in [0, 0.05) is 18.5 Å². The number of amides is 2. The normalized spacial score (nSPS) is 17.8. The first kappa shape index (κ1) is 16.1. The molecule has 1 atom stereocenters. The molecule has 1 saturated heterocycles. The minimum atomic E-state index is -0.436. The number of carbonyl (C=O) groups excluding carboxylic acids is 2. The average Bonchev–Trinajstić information content (AvgIpc) is 3.07. The van der Waals surface area contributed by atoms with Gasteiger partial charge < -0.3 is 10.0 Å². The number of carbonyl (C=O) groups is 2. The van der Waals surface area contributed by atoms with E-state index < -0.39 is 5.91 Å². The fourth-order valence-corrected chi connectivity index (χ4v) is 3.30. The van der Waals surface area contributed by atoms with Crippen LogP contribution >= 0.6 is 0 Å². The van der Waals surface area contributed by atoms with Crippen molar-refractivity contribution in [3.63, 3.8) is 0 Å². The highest BCUT2D eigenvalue weighted by Gasteiger charge is 2.36. The molecule has 0 spiro atoms. The number of nitrogens with one attached hydrogen (secondary N) is 2. The van der Waals surface area contributed by atoms with Gasteiger partial charge in [0.05, 0.1) is 5.69 Å². The maximum absolute atomic E-state index is 12.5. The maximum Gasteiger partial charge on any atom is 0.269 e. The molecule has 2 amide bonds. The number of hydrazine groups is 1. The zero-order valence-electron chi connectivity index (χ0n) is 14.0. The number of nitrogens with zero attached hydrogens (tertiary/aromatic N) is 2. The first-order valence-electron chi connectivity index (χ1n) is 8.43. The molecule has 0 radical (unpaired) electrons. The summed E-state index contributed by atoms with van der Waals surface area (Å²) in [7, 11) is 0. The Balaban J connectivity index is 1.40. The minimum Gasteiger partial charge on any atom is -0.508 e. The van der Waals surface area contributed by atoms with Gasteiger partial charge in [-0.3, -0.25) is 20.4 Å². The zero-order chi connectivity index (χ0) is 18.1. The molecule has 0 bridgehead atoms. The van der Waals surface area contributed by atoms with Crippen molar-refractivity contribution < 1.29 is 14.7 Å². The molecule has 0 saturated carbocycles. The number of hydrogen-bond acceptors (Lipinski definition) is 5. The van der Waals surface area contributed by atoms with Crippen LogP contribution in [0.15, 0.2) is 53.5 Å². The van der Waals surface area contributed by atoms with Gasteiger partial charge in [-0.15, -0.1) is 0 Å². The summed E-state index contributed by atoms with van der Waals surface area (Å²) in [6.45, 7) is 0.638. The lowest BCUT2D eigenvalue weighted by Crippen LogP contribution is -2.51. The summed E-state index contributed by atoms with van der Waals surface area (Å²) in [5.74, 6) is 0.290. The van der Waals surface area contributed by atoms with Crippen molar-refractivity contribution in [1.82, 2.24) is 15.8 Å². The lowest BCUT2D eigenvalue weighted by atomic mass is 10.1. The topological polar surface area (TPSA) is 94.0 Å². The van der Waals surface area contributed by atoms with Crippen molar-refractivity contribution in [3.8, 4) is 5.75 Å². The van der Waals surface area contributed by atoms with Crippen LogP contribution in [-0.2, 0) is 11.3 Å². The molecular weight excluding hydrogens is 332 g/mol. The fourth-order valence-electron chi connectivity index (χ4n) is 3.30. The molecule has 4 rings (SSSR count). The summed E-state index contributed by atoms with van der Waals surface area (Å²) < 4.78 is 0. The van der Waals surface area contributed by atoms with Crippen LogP contribution in [0.1, 0.15) is 28.8 Å². The number of rotatable bonds is 2. The number of amidine groups is 1. The molecule has 2 aromatic carbocycles. The monoisotopic (exact) mass is 350 g/mol. The van der Waals surface area contributed by atoms with Crippen molar-refractivity contribution >= 4 is 23.3 Å². The average molecular weight is 350 g/mol. The second-order valence-electron chi connectivity index (χ2n) is 6.33. The summed E-state index contributed by atoms with van der Waals surface area (Å²) in [5.41, 5.74) is 7.32. The Hall–Kier alpha value is -3.35. The number of aromatic hydroxyl groups is 1. The number of para-hydroxylation sites is 1. The molecule has 3 N–H and O–H groups in total. The van der Waals surface area contributed by atoms with E-state index in [2.05, 4.69) is 15.8 Å². The quantitative estimate of drug-likeness (QED) is 0.721. The van der Waals surface area contributed by atoms with Crippen LogP contribution in [0.4, 0.5) is 5.69 Å². The van der Waals surface area contributed by atoms with Crippen molar-refractivity contribution in [1.29, 1.82) is 0 Å². The summed E-state index contributed by atoms with van der Waals surface area (Å²) in [6, 6.07) is 13.3. The Labute approximate surface area is 150 Å². The molecule has 7 heteroatoms. The lowest BCUT2D eigenvalue weighted by Gasteiger charge is -2.29. The van der Waals surface area contributed by atoms with E-state index >= 15 is 0 Å². The molecule has 2 aromatic rings. The molecule has 0 aliphatic carbocycles. The highest BCUT2D eigenvalue weighted by Crippen LogP contribution is 2.32. The largest absolute Gasteiger partial charge is 0.508 e. The van der Waals surface area contributed by atoms with E-state index in [1.165, 1.54) is 24.3 Å². The molecule has 2 aliphatic heterocycles. The Morgan fingerprint density at radius 2 is 1.85 bits per heavy atom. The highest BCUT2D eigenvalue weighted by molar-refractivity contribution is 5.98. The van der Waals surface area contributed by atoms with Crippen molar-refractivity contribution in [2.24, 2.45) is 4.99 Å². The van der Waals surface area contributed by atoms with Crippen molar-refractivity contribution in [2.45, 2.75) is 25.4 Å². The fraction of sp³-hybridized carbons (Fsp3) is 0.211. The third-order valence-corrected chi connectivity index (χ3v) is 4.66. The third-order valence-electron chi connectivity index (χ3n) is 4.66. The van der Waals surface area contributed by atoms with Crippen LogP contribution in [0, 0.1) is 0 Å². The first-order chi connectivity index (χ1) is 12.6. The van der Waals surface area contributed by atoms with Crippen LogP contribution < -0.4 is 10.9 Å². The summed E-state index contributed by atoms with van der Waals surface area (Å²) in [4.78, 5) is 31.2. The summed E-state index contributed by atoms with van der Waals surface area (Å²) >= 11 is 0. The van der Waals surface area contributed by atoms with Crippen LogP contribution in [0.5, 0.6) is 5.75 Å². The zero-order valence-corrected chi connectivity index (χ0v) is 14.0. The summed E-state index contributed by atoms with van der Waals surface area (Å²) in [5, 5.41) is 9.26. The van der Waals surface area contributed by atoms with E-state index in [1.807, 2.05) is 29.2 Å². The number of fused-ring (bicyclic) bond motifs is 2. The molecule has 0 aromatic heterocycles. The van der Waals surface area contributed by atoms with E-state index in [0.717, 1.165) is 23.5 Å². The Morgan fingerprint density at radius 1 is 1.08 bits per heavy atom. The van der Waals surface area contributed by atoms with Crippen LogP contribution in [0.2, 0.25) is 0 Å². The molecule has 2 aliphatic rings. The first-order valence-corrected chi connectivity index (χ1v) is 8.43. The molecule has 1 fully saturated rings. The predicted molar refractivity (Wildman–Crippen MR) is 95.8 cm³/mol. The van der Waals surface area contributed by atoms with E-state index in [9.17, 15) is 14.7 Å². The van der Waals surface area contributed by atoms with Crippen LogP contribution in [0.3, 0.4) is 0 Å². The molecular formula is C19H18N4O3. The number of aliphatic imine (C=N–C) groups is 1. The number of phenolic OH excluding ortho intramolecular Hbond substituents is 1. The maximum atomic E-state index is 12.5. The van der Waals surface area contributed by atoms with Gasteiger partial charge in [-0.2, -0.15) is 0 Å². The van der Waals surface area contributed by atoms with E-state index in [0.29, 0.717) is 18.5 Å². The van der Waals surface area contributed by atoms with Gasteiger partial charge in [0.1, 0.15) is 17.6 Å². The van der Waals surface area contributed by atoms with Crippen molar-refractivity contribution in [2.75, 3.05) is 0 Å². The third kappa shape index (κ3) is 2.99. The van der Waals surface area contributed by atoms with Gasteiger partial charge in [-0.05, 0) is 42.3 Å². The highest BCUT2D eigenvalue weighted by atomic mass is 16.3. The molecule has 26 heavy (non-hydrogen) atoms. The SMILES string of the molecule is O=C(NNC(=O)[C@H]1CCC2=Nc3ccccc3CN21)c1ccc(O)cc1. The van der Waals surface area contributed by atoms with Gasteiger partial charge in [0.2, 0.25) is 0 Å². The Kier molecular flexibility index (Phi) is 4.04. The lowest BCUT2D eigenvalue weighted by molar-refractivity contribution is -0.125. The van der Waals surface area contributed by atoms with Gasteiger partial charge in [-0.25, -0.2) is 4.99 Å². The number of phenols is 1. The second kappa shape index (κ2) is 6.51. The Bertz CT molecular complexity index is 892. The summed E-state index contributed by atoms with van der Waals surface area (Å²) in [6.07, 6.45) is 1.39. The Morgan fingerprint density at radius 3 is 2.65 bits per heavy atom. The second-order valence-corrected chi connectivity index (χ2v) is 6.33. The number of benzene rings is 2. The molecule has 2 heterocycles. The minimum absolute atomic E-state index is 0.0775. The van der Waals surface area contributed by atoms with Crippen molar-refractivity contribution in [3.05, 3.63) is 59.7 Å². The van der Waals surface area contributed by atoms with Crippen LogP contribution in [-0.4, -0.2) is 33.7 Å².